The third-order valence-electron chi connectivity index (χ3n) is 0. The van der Waals surface area contributed by atoms with E-state index in [0.717, 1.165) is 6.42 Å². The Morgan fingerprint density at radius 1 is 1.25 bits per heavy atom. The van der Waals surface area contributed by atoms with Crippen LogP contribution < -0.4 is 0 Å². The fraction of sp³-hybridized carbons (Fsp3) is 0.333. The van der Waals surface area contributed by atoms with E-state index in [1.807, 2.05) is 0 Å². The Kier molecular flexibility index (Phi) is 20.2. The summed E-state index contributed by atoms with van der Waals surface area (Å²) in [6, 6.07) is 0. The molecule has 0 rings (SSSR count). The zero-order valence-electron chi connectivity index (χ0n) is 2.62. The van der Waals surface area contributed by atoms with Gasteiger partial charge < -0.3 is 20.3 Å². The summed E-state index contributed by atoms with van der Waals surface area (Å²) in [7, 11) is 0. The standard InChI is InChI=1S/C3H6.Zr/c1-3-2;/h1-3H2;/q-2;+2. The van der Waals surface area contributed by atoms with Crippen LogP contribution in [0.1, 0.15) is 6.42 Å². The summed E-state index contributed by atoms with van der Waals surface area (Å²) in [4.78, 5) is 0. The van der Waals surface area contributed by atoms with Gasteiger partial charge in [-0.25, -0.2) is 0 Å². The summed E-state index contributed by atoms with van der Waals surface area (Å²) in [5, 5.41) is 0. The van der Waals surface area contributed by atoms with Gasteiger partial charge >= 0.3 is 26.2 Å². The number of hydrogen-bond acceptors (Lipinski definition) is 0. The van der Waals surface area contributed by atoms with E-state index in [9.17, 15) is 0 Å². The zero-order valence-corrected chi connectivity index (χ0v) is 5.08. The molecule has 0 bridgehead atoms. The van der Waals surface area contributed by atoms with Gasteiger partial charge in [-0.15, -0.1) is 0 Å². The molecule has 0 nitrogen and oxygen atoms in total. The van der Waals surface area contributed by atoms with Crippen LogP contribution in [-0.2, 0) is 26.2 Å². The van der Waals surface area contributed by atoms with Gasteiger partial charge in [-0.2, -0.15) is 0 Å². The molecule has 0 atom stereocenters. The molecule has 0 fully saturated rings. The molecule has 0 unspecified atom stereocenters. The first-order valence-electron chi connectivity index (χ1n) is 1.000. The van der Waals surface area contributed by atoms with Crippen molar-refractivity contribution in [1.29, 1.82) is 0 Å². The summed E-state index contributed by atoms with van der Waals surface area (Å²) < 4.78 is 0. The molecule has 0 aliphatic rings. The van der Waals surface area contributed by atoms with Crippen LogP contribution in [0.2, 0.25) is 0 Å². The number of rotatable bonds is 0. The Bertz CT molecular complexity index is 3.25. The molecule has 0 heterocycles. The average molecular weight is 133 g/mol. The van der Waals surface area contributed by atoms with Crippen LogP contribution in [0.3, 0.4) is 0 Å². The van der Waals surface area contributed by atoms with Crippen molar-refractivity contribution >= 4 is 0 Å². The maximum atomic E-state index is 3.38. The third-order valence-corrected chi connectivity index (χ3v) is 0. The molecule has 0 aliphatic heterocycles. The van der Waals surface area contributed by atoms with Gasteiger partial charge in [0.2, 0.25) is 0 Å². The molecule has 0 aliphatic carbocycles. The fourth-order valence-corrected chi connectivity index (χ4v) is 0. The van der Waals surface area contributed by atoms with E-state index in [4.69, 9.17) is 0 Å². The van der Waals surface area contributed by atoms with E-state index in [1.165, 1.54) is 0 Å². The Morgan fingerprint density at radius 2 is 1.25 bits per heavy atom. The van der Waals surface area contributed by atoms with E-state index >= 15 is 0 Å². The molecule has 0 N–H and O–H groups in total. The minimum Gasteiger partial charge on any atom is -0.372 e. The van der Waals surface area contributed by atoms with Crippen LogP contribution in [0.5, 0.6) is 0 Å². The summed E-state index contributed by atoms with van der Waals surface area (Å²) in [5.41, 5.74) is 0. The van der Waals surface area contributed by atoms with Crippen molar-refractivity contribution in [2.45, 2.75) is 6.42 Å². The molecular weight excluding hydrogens is 127 g/mol. The van der Waals surface area contributed by atoms with Crippen LogP contribution in [0, 0.1) is 13.8 Å². The topological polar surface area (TPSA) is 0 Å². The zero-order chi connectivity index (χ0) is 2.71. The average Bonchev–Trinajstić information content (AvgIpc) is 0.918. The quantitative estimate of drug-likeness (QED) is 0.433. The second kappa shape index (κ2) is 9.10. The minimum absolute atomic E-state index is 0. The molecule has 0 aromatic heterocycles. The second-order valence-electron chi connectivity index (χ2n) is 0.354. The van der Waals surface area contributed by atoms with Gasteiger partial charge in [0, 0.05) is 0 Å². The predicted octanol–water partition coefficient (Wildman–Crippen LogP) is 1.04. The van der Waals surface area contributed by atoms with Crippen molar-refractivity contribution in [2.75, 3.05) is 0 Å². The second-order valence-corrected chi connectivity index (χ2v) is 0.354. The molecule has 0 spiro atoms. The van der Waals surface area contributed by atoms with E-state index < -0.39 is 0 Å². The van der Waals surface area contributed by atoms with Crippen molar-refractivity contribution in [3.05, 3.63) is 13.8 Å². The minimum atomic E-state index is 0. The third kappa shape index (κ3) is 13.1. The number of hydrogen-bond donors (Lipinski definition) is 0. The molecule has 1 heteroatoms. The van der Waals surface area contributed by atoms with Crippen LogP contribution in [0.4, 0.5) is 0 Å². The largest absolute Gasteiger partial charge is 2.00 e. The van der Waals surface area contributed by atoms with Gasteiger partial charge in [-0.05, 0) is 0 Å². The van der Waals surface area contributed by atoms with Crippen LogP contribution in [0.15, 0.2) is 0 Å². The Balaban J connectivity index is 0. The monoisotopic (exact) mass is 132 g/mol. The Hall–Kier alpha value is 0.883. The smallest absolute Gasteiger partial charge is 0.372 e. The normalized spacial score (nSPS) is 4.50. The first-order valence-corrected chi connectivity index (χ1v) is 1.000. The summed E-state index contributed by atoms with van der Waals surface area (Å²) in [6.45, 7) is 6.75. The molecule has 22 valence electrons. The maximum Gasteiger partial charge on any atom is 2.00 e. The van der Waals surface area contributed by atoms with Crippen LogP contribution in [-0.4, -0.2) is 0 Å². The Morgan fingerprint density at radius 3 is 1.25 bits per heavy atom. The van der Waals surface area contributed by atoms with Crippen LogP contribution in [0.25, 0.3) is 0 Å². The van der Waals surface area contributed by atoms with Crippen molar-refractivity contribution in [2.24, 2.45) is 0 Å². The summed E-state index contributed by atoms with van der Waals surface area (Å²) in [6.07, 6.45) is 0.750. The molecule has 0 saturated carbocycles. The SMILES string of the molecule is [CH2-]C[CH2-].[Zr+2]. The van der Waals surface area contributed by atoms with E-state index in [-0.39, 0.29) is 26.2 Å². The van der Waals surface area contributed by atoms with Crippen molar-refractivity contribution < 1.29 is 26.2 Å². The molecule has 0 aromatic carbocycles. The molecule has 0 amide bonds. The fourth-order valence-electron chi connectivity index (χ4n) is 0. The van der Waals surface area contributed by atoms with E-state index in [0.29, 0.717) is 0 Å². The van der Waals surface area contributed by atoms with Crippen molar-refractivity contribution in [1.82, 2.24) is 0 Å². The van der Waals surface area contributed by atoms with Gasteiger partial charge in [0.25, 0.3) is 0 Å². The molecule has 0 radical (unpaired) electrons. The van der Waals surface area contributed by atoms with Gasteiger partial charge in [0.05, 0.1) is 0 Å². The van der Waals surface area contributed by atoms with Gasteiger partial charge in [0.1, 0.15) is 0 Å². The molecule has 0 saturated heterocycles. The maximum absolute atomic E-state index is 3.38. The van der Waals surface area contributed by atoms with Crippen molar-refractivity contribution in [3.8, 4) is 0 Å². The summed E-state index contributed by atoms with van der Waals surface area (Å²) >= 11 is 0. The predicted molar refractivity (Wildman–Crippen MR) is 15.3 cm³/mol. The Labute approximate surface area is 46.7 Å². The van der Waals surface area contributed by atoms with Gasteiger partial charge in [-0.1, -0.05) is 0 Å². The van der Waals surface area contributed by atoms with Gasteiger partial charge in [-0.3, -0.25) is 0 Å². The first-order chi connectivity index (χ1) is 1.41. The van der Waals surface area contributed by atoms with Crippen molar-refractivity contribution in [3.63, 3.8) is 0 Å². The van der Waals surface area contributed by atoms with Crippen LogP contribution >= 0.6 is 0 Å². The first kappa shape index (κ1) is 8.86. The van der Waals surface area contributed by atoms with Gasteiger partial charge in [0.15, 0.2) is 0 Å². The molecule has 0 aromatic rings. The van der Waals surface area contributed by atoms with E-state index in [2.05, 4.69) is 13.8 Å². The van der Waals surface area contributed by atoms with E-state index in [1.54, 1.807) is 0 Å². The molecular formula is C3H6Zr. The summed E-state index contributed by atoms with van der Waals surface area (Å²) in [5.74, 6) is 0. The molecule has 4 heavy (non-hydrogen) atoms.